The highest BCUT2D eigenvalue weighted by Gasteiger charge is 2.23. The van der Waals surface area contributed by atoms with E-state index in [2.05, 4.69) is 4.74 Å². The van der Waals surface area contributed by atoms with Gasteiger partial charge in [0, 0.05) is 19.6 Å². The van der Waals surface area contributed by atoms with Crippen molar-refractivity contribution in [2.75, 3.05) is 20.7 Å². The Morgan fingerprint density at radius 2 is 2.00 bits per heavy atom. The zero-order valence-corrected chi connectivity index (χ0v) is 15.3. The van der Waals surface area contributed by atoms with Gasteiger partial charge in [-0.15, -0.1) is 0 Å². The van der Waals surface area contributed by atoms with Crippen molar-refractivity contribution in [3.8, 4) is 0 Å². The predicted octanol–water partition coefficient (Wildman–Crippen LogP) is 2.12. The Morgan fingerprint density at radius 1 is 1.39 bits per heavy atom. The van der Waals surface area contributed by atoms with Gasteiger partial charge in [0.25, 0.3) is 0 Å². The van der Waals surface area contributed by atoms with E-state index < -0.39 is 16.0 Å². The van der Waals surface area contributed by atoms with Gasteiger partial charge in [0.15, 0.2) is 0 Å². The van der Waals surface area contributed by atoms with Crippen LogP contribution >= 0.6 is 11.6 Å². The van der Waals surface area contributed by atoms with Gasteiger partial charge < -0.3 is 10.5 Å². The molecule has 0 radical (unpaired) electrons. The number of methoxy groups -OCH3 is 1. The zero-order valence-electron chi connectivity index (χ0n) is 13.7. The van der Waals surface area contributed by atoms with Crippen molar-refractivity contribution in [1.82, 2.24) is 4.31 Å². The van der Waals surface area contributed by atoms with E-state index in [0.717, 1.165) is 0 Å². The number of sulfonamides is 1. The number of halogens is 1. The molecule has 0 fully saturated rings. The fourth-order valence-electron chi connectivity index (χ4n) is 1.90. The molecule has 1 atom stereocenters. The smallest absolute Gasteiger partial charge is 0.339 e. The van der Waals surface area contributed by atoms with E-state index in [-0.39, 0.29) is 27.4 Å². The van der Waals surface area contributed by atoms with Crippen molar-refractivity contribution in [3.63, 3.8) is 0 Å². The van der Waals surface area contributed by atoms with Gasteiger partial charge in [-0.2, -0.15) is 0 Å². The van der Waals surface area contributed by atoms with E-state index in [9.17, 15) is 13.2 Å². The second kappa shape index (κ2) is 8.10. The largest absolute Gasteiger partial charge is 0.465 e. The first-order valence-electron chi connectivity index (χ1n) is 7.21. The summed E-state index contributed by atoms with van der Waals surface area (Å²) in [5.41, 5.74) is 6.07. The van der Waals surface area contributed by atoms with Crippen LogP contribution in [-0.4, -0.2) is 45.4 Å². The molecule has 1 rings (SSSR count). The lowest BCUT2D eigenvalue weighted by Gasteiger charge is -2.21. The van der Waals surface area contributed by atoms with Crippen LogP contribution in [0.4, 0.5) is 0 Å². The van der Waals surface area contributed by atoms with E-state index >= 15 is 0 Å². The summed E-state index contributed by atoms with van der Waals surface area (Å²) in [4.78, 5) is 11.5. The highest BCUT2D eigenvalue weighted by molar-refractivity contribution is 7.89. The molecule has 1 aromatic rings. The van der Waals surface area contributed by atoms with Crippen molar-refractivity contribution < 1.29 is 17.9 Å². The van der Waals surface area contributed by atoms with Crippen LogP contribution in [-0.2, 0) is 14.8 Å². The summed E-state index contributed by atoms with van der Waals surface area (Å²) in [6.07, 6.45) is 0.557. The molecule has 0 saturated heterocycles. The predicted molar refractivity (Wildman–Crippen MR) is 90.0 cm³/mol. The second-order valence-electron chi connectivity index (χ2n) is 5.66. The van der Waals surface area contributed by atoms with E-state index in [0.29, 0.717) is 13.0 Å². The number of hydrogen-bond donors (Lipinski definition) is 1. The third-order valence-corrected chi connectivity index (χ3v) is 5.85. The quantitative estimate of drug-likeness (QED) is 0.750. The molecule has 0 saturated carbocycles. The van der Waals surface area contributed by atoms with Gasteiger partial charge in [0.2, 0.25) is 10.0 Å². The van der Waals surface area contributed by atoms with Crippen molar-refractivity contribution in [2.24, 2.45) is 11.7 Å². The number of rotatable bonds is 7. The summed E-state index contributed by atoms with van der Waals surface area (Å²) in [5.74, 6) is -0.338. The third kappa shape index (κ3) is 4.91. The molecule has 0 aromatic heterocycles. The van der Waals surface area contributed by atoms with E-state index in [1.807, 2.05) is 13.8 Å². The third-order valence-electron chi connectivity index (χ3n) is 3.69. The Morgan fingerprint density at radius 3 is 2.48 bits per heavy atom. The maximum atomic E-state index is 12.5. The van der Waals surface area contributed by atoms with Crippen LogP contribution in [0.1, 0.15) is 30.6 Å². The zero-order chi connectivity index (χ0) is 17.8. The van der Waals surface area contributed by atoms with Gasteiger partial charge in [0.05, 0.1) is 22.6 Å². The Balaban J connectivity index is 2.95. The number of hydrogen-bond acceptors (Lipinski definition) is 5. The van der Waals surface area contributed by atoms with Crippen LogP contribution in [0.5, 0.6) is 0 Å². The van der Waals surface area contributed by atoms with Crippen molar-refractivity contribution in [2.45, 2.75) is 31.2 Å². The first kappa shape index (κ1) is 19.9. The molecule has 0 aliphatic heterocycles. The molecule has 1 aromatic carbocycles. The molecule has 130 valence electrons. The van der Waals surface area contributed by atoms with Crippen LogP contribution in [0, 0.1) is 5.92 Å². The lowest BCUT2D eigenvalue weighted by molar-refractivity contribution is 0.0601. The number of esters is 1. The molecular formula is C15H23ClN2O4S. The minimum Gasteiger partial charge on any atom is -0.465 e. The molecule has 0 aliphatic carbocycles. The van der Waals surface area contributed by atoms with Crippen LogP contribution in [0.15, 0.2) is 23.1 Å². The Labute approximate surface area is 142 Å². The number of carbonyl (C=O) groups excluding carboxylic acids is 1. The van der Waals surface area contributed by atoms with E-state index in [1.54, 1.807) is 0 Å². The molecule has 1 unspecified atom stereocenters. The molecular weight excluding hydrogens is 340 g/mol. The molecule has 6 nitrogen and oxygen atoms in total. The Hall–Kier alpha value is -1.15. The lowest BCUT2D eigenvalue weighted by atomic mass is 10.0. The molecule has 0 spiro atoms. The molecule has 0 heterocycles. The topological polar surface area (TPSA) is 89.7 Å². The van der Waals surface area contributed by atoms with Gasteiger partial charge in [-0.25, -0.2) is 17.5 Å². The fraction of sp³-hybridized carbons (Fsp3) is 0.533. The molecule has 23 heavy (non-hydrogen) atoms. The minimum atomic E-state index is -3.69. The molecule has 0 aliphatic rings. The van der Waals surface area contributed by atoms with Gasteiger partial charge in [-0.1, -0.05) is 25.4 Å². The van der Waals surface area contributed by atoms with Crippen molar-refractivity contribution in [1.29, 1.82) is 0 Å². The molecule has 0 bridgehead atoms. The van der Waals surface area contributed by atoms with Crippen molar-refractivity contribution >= 4 is 27.6 Å². The normalized spacial score (nSPS) is 13.4. The summed E-state index contributed by atoms with van der Waals surface area (Å²) in [6, 6.07) is 3.86. The highest BCUT2D eigenvalue weighted by Crippen LogP contribution is 2.23. The summed E-state index contributed by atoms with van der Waals surface area (Å²) < 4.78 is 30.9. The fourth-order valence-corrected chi connectivity index (χ4v) is 3.43. The number of benzene rings is 1. The molecule has 8 heteroatoms. The summed E-state index contributed by atoms with van der Waals surface area (Å²) in [7, 11) is -0.969. The SMILES string of the molecule is COC(=O)c1ccc(S(=O)(=O)N(C)CCC(N)C(C)C)cc1Cl. The average Bonchev–Trinajstić information content (AvgIpc) is 2.50. The highest BCUT2D eigenvalue weighted by atomic mass is 35.5. The molecule has 0 amide bonds. The van der Waals surface area contributed by atoms with Crippen molar-refractivity contribution in [3.05, 3.63) is 28.8 Å². The number of carbonyl (C=O) groups is 1. The monoisotopic (exact) mass is 362 g/mol. The molecule has 2 N–H and O–H groups in total. The standard InChI is InChI=1S/C15H23ClN2O4S/c1-10(2)14(17)7-8-18(3)23(20,21)11-5-6-12(13(16)9-11)15(19)22-4/h5-6,9-10,14H,7-8,17H2,1-4H3. The minimum absolute atomic E-state index is 0.0239. The van der Waals surface area contributed by atoms with Crippen LogP contribution in [0.2, 0.25) is 5.02 Å². The van der Waals surface area contributed by atoms with Gasteiger partial charge in [-0.05, 0) is 30.5 Å². The number of nitrogens with two attached hydrogens (primary N) is 1. The van der Waals surface area contributed by atoms with E-state index in [4.69, 9.17) is 17.3 Å². The van der Waals surface area contributed by atoms with Gasteiger partial charge in [0.1, 0.15) is 0 Å². The van der Waals surface area contributed by atoms with Crippen LogP contribution < -0.4 is 5.73 Å². The lowest BCUT2D eigenvalue weighted by Crippen LogP contribution is -2.34. The summed E-state index contributed by atoms with van der Waals surface area (Å²) in [6.45, 7) is 4.28. The Bertz CT molecular complexity index is 661. The first-order valence-corrected chi connectivity index (χ1v) is 9.02. The van der Waals surface area contributed by atoms with Gasteiger partial charge >= 0.3 is 5.97 Å². The number of ether oxygens (including phenoxy) is 1. The van der Waals surface area contributed by atoms with Crippen LogP contribution in [0.3, 0.4) is 0 Å². The maximum Gasteiger partial charge on any atom is 0.339 e. The number of nitrogens with zero attached hydrogens (tertiary/aromatic N) is 1. The first-order chi connectivity index (χ1) is 10.6. The Kier molecular flexibility index (Phi) is 7.01. The van der Waals surface area contributed by atoms with Gasteiger partial charge in [-0.3, -0.25) is 0 Å². The average molecular weight is 363 g/mol. The second-order valence-corrected chi connectivity index (χ2v) is 8.11. The summed E-state index contributed by atoms with van der Waals surface area (Å²) in [5, 5.41) is 0.0326. The van der Waals surface area contributed by atoms with E-state index in [1.165, 1.54) is 36.7 Å². The van der Waals surface area contributed by atoms with Crippen LogP contribution in [0.25, 0.3) is 0 Å². The maximum absolute atomic E-state index is 12.5. The summed E-state index contributed by atoms with van der Waals surface area (Å²) >= 11 is 5.98.